The van der Waals surface area contributed by atoms with E-state index in [4.69, 9.17) is 9.47 Å². The van der Waals surface area contributed by atoms with E-state index < -0.39 is 0 Å². The molecule has 7 nitrogen and oxygen atoms in total. The van der Waals surface area contributed by atoms with Crippen molar-refractivity contribution in [3.63, 3.8) is 0 Å². The molecule has 1 amide bonds. The van der Waals surface area contributed by atoms with Gasteiger partial charge in [-0.2, -0.15) is 0 Å². The highest BCUT2D eigenvalue weighted by Crippen LogP contribution is 2.20. The zero-order valence-electron chi connectivity index (χ0n) is 16.7. The molecule has 0 saturated carbocycles. The lowest BCUT2D eigenvalue weighted by molar-refractivity contribution is -0.121. The first kappa shape index (κ1) is 21.0. The Kier molecular flexibility index (Phi) is 8.91. The van der Waals surface area contributed by atoms with Crippen LogP contribution in [0.15, 0.2) is 29.3 Å². The average molecular weight is 377 g/mol. The maximum absolute atomic E-state index is 11.5. The molecule has 0 unspecified atom stereocenters. The molecule has 0 aliphatic carbocycles. The second-order valence-corrected chi connectivity index (χ2v) is 6.69. The number of likely N-dealkylation sites (tertiary alicyclic amines) is 1. The lowest BCUT2D eigenvalue weighted by atomic mass is 9.93. The standard InChI is InChI=1S/C20H32N4O3/c1-21-19(25)14-16-7-10-24(11-8-16)20(22-2)23-9-12-27-15-17-5-4-6-18(13-17)26-3/h4-6,13,16H,7-12,14-15H2,1-3H3,(H,21,25)(H,22,23). The fourth-order valence-corrected chi connectivity index (χ4v) is 3.23. The van der Waals surface area contributed by atoms with Crippen LogP contribution in [0.4, 0.5) is 0 Å². The largest absolute Gasteiger partial charge is 0.497 e. The van der Waals surface area contributed by atoms with Crippen LogP contribution in [0.3, 0.4) is 0 Å². The molecule has 1 fully saturated rings. The molecule has 27 heavy (non-hydrogen) atoms. The number of aliphatic imine (C=N–C) groups is 1. The number of hydrogen-bond acceptors (Lipinski definition) is 4. The van der Waals surface area contributed by atoms with Crippen molar-refractivity contribution in [2.24, 2.45) is 10.9 Å². The van der Waals surface area contributed by atoms with Crippen molar-refractivity contribution in [3.8, 4) is 5.75 Å². The molecule has 0 aromatic heterocycles. The van der Waals surface area contributed by atoms with Crippen LogP contribution in [0.5, 0.6) is 5.75 Å². The Morgan fingerprint density at radius 1 is 1.33 bits per heavy atom. The first-order valence-electron chi connectivity index (χ1n) is 9.53. The topological polar surface area (TPSA) is 75.2 Å². The zero-order valence-corrected chi connectivity index (χ0v) is 16.7. The normalized spacial score (nSPS) is 15.5. The number of piperidine rings is 1. The van der Waals surface area contributed by atoms with Gasteiger partial charge >= 0.3 is 0 Å². The number of carbonyl (C=O) groups is 1. The lowest BCUT2D eigenvalue weighted by Crippen LogP contribution is -2.46. The minimum absolute atomic E-state index is 0.129. The molecular formula is C20H32N4O3. The van der Waals surface area contributed by atoms with Gasteiger partial charge in [-0.25, -0.2) is 0 Å². The first-order valence-corrected chi connectivity index (χ1v) is 9.53. The summed E-state index contributed by atoms with van der Waals surface area (Å²) in [7, 11) is 5.16. The summed E-state index contributed by atoms with van der Waals surface area (Å²) in [6.07, 6.45) is 2.65. The molecule has 2 rings (SSSR count). The van der Waals surface area contributed by atoms with Crippen LogP contribution in [0.1, 0.15) is 24.8 Å². The summed E-state index contributed by atoms with van der Waals surface area (Å²) in [4.78, 5) is 18.1. The number of methoxy groups -OCH3 is 1. The van der Waals surface area contributed by atoms with Crippen molar-refractivity contribution in [1.29, 1.82) is 0 Å². The van der Waals surface area contributed by atoms with Crippen molar-refractivity contribution < 1.29 is 14.3 Å². The van der Waals surface area contributed by atoms with Crippen LogP contribution in [-0.2, 0) is 16.1 Å². The summed E-state index contributed by atoms with van der Waals surface area (Å²) < 4.78 is 11.0. The third-order valence-corrected chi connectivity index (χ3v) is 4.81. The van der Waals surface area contributed by atoms with E-state index in [1.54, 1.807) is 21.2 Å². The van der Waals surface area contributed by atoms with E-state index in [2.05, 4.69) is 20.5 Å². The summed E-state index contributed by atoms with van der Waals surface area (Å²) in [5.74, 6) is 2.34. The summed E-state index contributed by atoms with van der Waals surface area (Å²) in [5, 5.41) is 6.07. The van der Waals surface area contributed by atoms with Gasteiger partial charge in [-0.3, -0.25) is 9.79 Å². The van der Waals surface area contributed by atoms with E-state index in [0.29, 0.717) is 32.1 Å². The molecule has 0 bridgehead atoms. The molecule has 1 heterocycles. The van der Waals surface area contributed by atoms with Gasteiger partial charge in [0.05, 0.1) is 20.3 Å². The summed E-state index contributed by atoms with van der Waals surface area (Å²) >= 11 is 0. The first-order chi connectivity index (χ1) is 13.2. The third kappa shape index (κ3) is 7.09. The second kappa shape index (κ2) is 11.4. The number of ether oxygens (including phenoxy) is 2. The molecule has 1 aliphatic heterocycles. The zero-order chi connectivity index (χ0) is 19.5. The molecule has 0 radical (unpaired) electrons. The molecule has 0 atom stereocenters. The van der Waals surface area contributed by atoms with Gasteiger partial charge in [-0.15, -0.1) is 0 Å². The lowest BCUT2D eigenvalue weighted by Gasteiger charge is -2.34. The van der Waals surface area contributed by atoms with Crippen molar-refractivity contribution in [2.45, 2.75) is 25.9 Å². The summed E-state index contributed by atoms with van der Waals surface area (Å²) in [6.45, 7) is 3.71. The quantitative estimate of drug-likeness (QED) is 0.410. The van der Waals surface area contributed by atoms with Gasteiger partial charge in [0.15, 0.2) is 5.96 Å². The van der Waals surface area contributed by atoms with E-state index in [0.717, 1.165) is 43.2 Å². The maximum atomic E-state index is 11.5. The number of amides is 1. The van der Waals surface area contributed by atoms with Crippen molar-refractivity contribution in [3.05, 3.63) is 29.8 Å². The van der Waals surface area contributed by atoms with E-state index in [9.17, 15) is 4.79 Å². The molecule has 150 valence electrons. The predicted molar refractivity (Wildman–Crippen MR) is 107 cm³/mol. The maximum Gasteiger partial charge on any atom is 0.220 e. The number of rotatable bonds is 8. The predicted octanol–water partition coefficient (Wildman–Crippen LogP) is 1.64. The Morgan fingerprint density at radius 2 is 2.11 bits per heavy atom. The van der Waals surface area contributed by atoms with Crippen molar-refractivity contribution in [2.75, 3.05) is 47.4 Å². The number of nitrogens with one attached hydrogen (secondary N) is 2. The second-order valence-electron chi connectivity index (χ2n) is 6.69. The minimum Gasteiger partial charge on any atom is -0.497 e. The van der Waals surface area contributed by atoms with Crippen molar-refractivity contribution >= 4 is 11.9 Å². The van der Waals surface area contributed by atoms with Crippen LogP contribution >= 0.6 is 0 Å². The SMILES string of the molecule is CN=C(NCCOCc1cccc(OC)c1)N1CCC(CC(=O)NC)CC1. The highest BCUT2D eigenvalue weighted by atomic mass is 16.5. The fraction of sp³-hybridized carbons (Fsp3) is 0.600. The molecule has 1 saturated heterocycles. The fourth-order valence-electron chi connectivity index (χ4n) is 3.23. The Hall–Kier alpha value is -2.28. The molecule has 1 aromatic carbocycles. The van der Waals surface area contributed by atoms with Crippen LogP contribution < -0.4 is 15.4 Å². The smallest absolute Gasteiger partial charge is 0.220 e. The minimum atomic E-state index is 0.129. The number of guanidine groups is 1. The van der Waals surface area contributed by atoms with Gasteiger partial charge in [-0.05, 0) is 36.5 Å². The van der Waals surface area contributed by atoms with Gasteiger partial charge < -0.3 is 25.0 Å². The highest BCUT2D eigenvalue weighted by Gasteiger charge is 2.22. The molecular weight excluding hydrogens is 344 g/mol. The Balaban J connectivity index is 1.65. The average Bonchev–Trinajstić information content (AvgIpc) is 2.71. The van der Waals surface area contributed by atoms with Gasteiger partial charge in [-0.1, -0.05) is 12.1 Å². The van der Waals surface area contributed by atoms with Crippen LogP contribution in [0, 0.1) is 5.92 Å². The molecule has 2 N–H and O–H groups in total. The van der Waals surface area contributed by atoms with Crippen LogP contribution in [-0.4, -0.2) is 64.2 Å². The van der Waals surface area contributed by atoms with Crippen LogP contribution in [0.25, 0.3) is 0 Å². The number of benzene rings is 1. The Labute approximate surface area is 162 Å². The Bertz CT molecular complexity index is 613. The number of nitrogens with zero attached hydrogens (tertiary/aromatic N) is 2. The van der Waals surface area contributed by atoms with Gasteiger partial charge in [0.25, 0.3) is 0 Å². The van der Waals surface area contributed by atoms with E-state index in [1.165, 1.54) is 0 Å². The summed E-state index contributed by atoms with van der Waals surface area (Å²) in [6, 6.07) is 7.89. The number of carbonyl (C=O) groups excluding carboxylic acids is 1. The van der Waals surface area contributed by atoms with E-state index in [-0.39, 0.29) is 5.91 Å². The van der Waals surface area contributed by atoms with Gasteiger partial charge in [0.2, 0.25) is 5.91 Å². The van der Waals surface area contributed by atoms with Crippen LogP contribution in [0.2, 0.25) is 0 Å². The summed E-state index contributed by atoms with van der Waals surface area (Å²) in [5.41, 5.74) is 1.09. The van der Waals surface area contributed by atoms with Gasteiger partial charge in [0, 0.05) is 40.2 Å². The third-order valence-electron chi connectivity index (χ3n) is 4.81. The molecule has 1 aliphatic rings. The van der Waals surface area contributed by atoms with Gasteiger partial charge in [0.1, 0.15) is 5.75 Å². The molecule has 1 aromatic rings. The monoisotopic (exact) mass is 376 g/mol. The Morgan fingerprint density at radius 3 is 2.78 bits per heavy atom. The highest BCUT2D eigenvalue weighted by molar-refractivity contribution is 5.80. The molecule has 7 heteroatoms. The van der Waals surface area contributed by atoms with E-state index in [1.807, 2.05) is 24.3 Å². The molecule has 0 spiro atoms. The number of hydrogen-bond donors (Lipinski definition) is 2. The van der Waals surface area contributed by atoms with Crippen molar-refractivity contribution in [1.82, 2.24) is 15.5 Å². The van der Waals surface area contributed by atoms with E-state index >= 15 is 0 Å².